The minimum atomic E-state index is -0.445. The Kier molecular flexibility index (Phi) is 5.76. The average molecular weight is 386 g/mol. The summed E-state index contributed by atoms with van der Waals surface area (Å²) in [6, 6.07) is 14.2. The van der Waals surface area contributed by atoms with Gasteiger partial charge in [-0.2, -0.15) is 0 Å². The van der Waals surface area contributed by atoms with Crippen molar-refractivity contribution in [3.63, 3.8) is 0 Å². The molecule has 0 saturated carbocycles. The first kappa shape index (κ1) is 18.9. The van der Waals surface area contributed by atoms with E-state index in [1.54, 1.807) is 54.4 Å². The Labute approximate surface area is 162 Å². The zero-order valence-electron chi connectivity index (χ0n) is 14.9. The number of anilines is 2. The molecule has 0 radical (unpaired) electrons. The Balaban J connectivity index is 1.63. The van der Waals surface area contributed by atoms with Crippen molar-refractivity contribution in [1.82, 2.24) is 5.32 Å². The molecule has 1 aliphatic heterocycles. The summed E-state index contributed by atoms with van der Waals surface area (Å²) >= 11 is 6.17. The van der Waals surface area contributed by atoms with Gasteiger partial charge in [0.15, 0.2) is 0 Å². The molecule has 2 N–H and O–H groups in total. The number of para-hydroxylation sites is 1. The van der Waals surface area contributed by atoms with E-state index in [9.17, 15) is 14.4 Å². The van der Waals surface area contributed by atoms with Crippen LogP contribution in [0.15, 0.2) is 48.5 Å². The number of carbonyl (C=O) groups excluding carboxylic acids is 3. The molecule has 3 amide bonds. The normalized spacial score (nSPS) is 16.3. The van der Waals surface area contributed by atoms with Gasteiger partial charge in [0.2, 0.25) is 17.7 Å². The third-order valence-electron chi connectivity index (χ3n) is 4.50. The molecule has 140 valence electrons. The largest absolute Gasteiger partial charge is 0.359 e. The van der Waals surface area contributed by atoms with Gasteiger partial charge in [-0.1, -0.05) is 35.9 Å². The quantitative estimate of drug-likeness (QED) is 0.830. The summed E-state index contributed by atoms with van der Waals surface area (Å²) in [6.45, 7) is 0.295. The number of carbonyl (C=O) groups is 3. The third kappa shape index (κ3) is 4.46. The van der Waals surface area contributed by atoms with Crippen LogP contribution in [-0.2, 0) is 20.8 Å². The number of benzene rings is 2. The van der Waals surface area contributed by atoms with E-state index in [4.69, 9.17) is 11.6 Å². The lowest BCUT2D eigenvalue weighted by molar-refractivity contribution is -0.122. The van der Waals surface area contributed by atoms with Gasteiger partial charge in [0.1, 0.15) is 0 Å². The zero-order chi connectivity index (χ0) is 19.4. The van der Waals surface area contributed by atoms with Crippen molar-refractivity contribution in [1.29, 1.82) is 0 Å². The van der Waals surface area contributed by atoms with E-state index < -0.39 is 5.92 Å². The van der Waals surface area contributed by atoms with E-state index in [1.165, 1.54) is 0 Å². The number of nitrogens with one attached hydrogen (secondary N) is 2. The minimum Gasteiger partial charge on any atom is -0.359 e. The molecule has 1 unspecified atom stereocenters. The van der Waals surface area contributed by atoms with Crippen LogP contribution >= 0.6 is 11.6 Å². The number of rotatable bonds is 5. The predicted octanol–water partition coefficient (Wildman–Crippen LogP) is 2.62. The molecule has 1 saturated heterocycles. The highest BCUT2D eigenvalue weighted by Crippen LogP contribution is 2.31. The Morgan fingerprint density at radius 3 is 2.52 bits per heavy atom. The monoisotopic (exact) mass is 385 g/mol. The molecule has 0 aromatic heterocycles. The van der Waals surface area contributed by atoms with Gasteiger partial charge in [-0.15, -0.1) is 0 Å². The molecular formula is C20H20ClN3O3. The van der Waals surface area contributed by atoms with E-state index in [0.717, 1.165) is 5.56 Å². The number of hydrogen-bond donors (Lipinski definition) is 2. The summed E-state index contributed by atoms with van der Waals surface area (Å²) in [5, 5.41) is 5.89. The molecule has 1 heterocycles. The van der Waals surface area contributed by atoms with E-state index >= 15 is 0 Å². The smallest absolute Gasteiger partial charge is 0.229 e. The molecular weight excluding hydrogens is 366 g/mol. The number of halogens is 1. The molecule has 0 bridgehead atoms. The van der Waals surface area contributed by atoms with Crippen LogP contribution in [0.1, 0.15) is 12.0 Å². The molecule has 2 aromatic rings. The van der Waals surface area contributed by atoms with Gasteiger partial charge in [-0.25, -0.2) is 0 Å². The maximum Gasteiger partial charge on any atom is 0.229 e. The Morgan fingerprint density at radius 1 is 1.15 bits per heavy atom. The summed E-state index contributed by atoms with van der Waals surface area (Å²) in [5.74, 6) is -0.851. The summed E-state index contributed by atoms with van der Waals surface area (Å²) in [5.41, 5.74) is 2.11. The molecule has 7 heteroatoms. The Bertz CT molecular complexity index is 867. The van der Waals surface area contributed by atoms with Crippen LogP contribution in [0.5, 0.6) is 0 Å². The standard InChI is InChI=1S/C20H20ClN3O3/c1-22-18(25)10-13-6-8-15(9-7-13)23-20(27)14-11-19(26)24(12-14)17-5-3-2-4-16(17)21/h2-9,14H,10-12H2,1H3,(H,22,25)(H,23,27). The predicted molar refractivity (Wildman–Crippen MR) is 105 cm³/mol. The first-order chi connectivity index (χ1) is 13.0. The first-order valence-corrected chi connectivity index (χ1v) is 9.01. The number of nitrogens with zero attached hydrogens (tertiary/aromatic N) is 1. The van der Waals surface area contributed by atoms with Crippen LogP contribution in [-0.4, -0.2) is 31.3 Å². The van der Waals surface area contributed by atoms with Crippen molar-refractivity contribution >= 4 is 40.7 Å². The molecule has 6 nitrogen and oxygen atoms in total. The van der Waals surface area contributed by atoms with Gasteiger partial charge in [0, 0.05) is 25.7 Å². The second kappa shape index (κ2) is 8.22. The van der Waals surface area contributed by atoms with Crippen LogP contribution in [0.25, 0.3) is 0 Å². The lowest BCUT2D eigenvalue weighted by Gasteiger charge is -2.18. The first-order valence-electron chi connectivity index (χ1n) is 8.63. The highest BCUT2D eigenvalue weighted by molar-refractivity contribution is 6.33. The lowest BCUT2D eigenvalue weighted by atomic mass is 10.1. The van der Waals surface area contributed by atoms with Crippen LogP contribution in [0.2, 0.25) is 5.02 Å². The van der Waals surface area contributed by atoms with Crippen LogP contribution in [0.3, 0.4) is 0 Å². The molecule has 3 rings (SSSR count). The van der Waals surface area contributed by atoms with E-state index in [2.05, 4.69) is 10.6 Å². The Morgan fingerprint density at radius 2 is 1.85 bits per heavy atom. The maximum atomic E-state index is 12.5. The fourth-order valence-corrected chi connectivity index (χ4v) is 3.25. The SMILES string of the molecule is CNC(=O)Cc1ccc(NC(=O)C2CC(=O)N(c3ccccc3Cl)C2)cc1. The minimum absolute atomic E-state index is 0.0732. The summed E-state index contributed by atoms with van der Waals surface area (Å²) in [4.78, 5) is 37.8. The molecule has 2 aromatic carbocycles. The molecule has 0 aliphatic carbocycles. The van der Waals surface area contributed by atoms with Crippen LogP contribution in [0, 0.1) is 5.92 Å². The van der Waals surface area contributed by atoms with E-state index in [-0.39, 0.29) is 30.6 Å². The second-order valence-corrected chi connectivity index (χ2v) is 6.80. The third-order valence-corrected chi connectivity index (χ3v) is 4.82. The molecule has 0 spiro atoms. The van der Waals surface area contributed by atoms with Gasteiger partial charge >= 0.3 is 0 Å². The number of likely N-dealkylation sites (N-methyl/N-ethyl adjacent to an activating group) is 1. The van der Waals surface area contributed by atoms with Gasteiger partial charge in [0.25, 0.3) is 0 Å². The van der Waals surface area contributed by atoms with E-state index in [1.807, 2.05) is 6.07 Å². The highest BCUT2D eigenvalue weighted by atomic mass is 35.5. The maximum absolute atomic E-state index is 12.5. The Hall–Kier alpha value is -2.86. The van der Waals surface area contributed by atoms with Gasteiger partial charge in [0.05, 0.1) is 23.0 Å². The van der Waals surface area contributed by atoms with Gasteiger partial charge < -0.3 is 15.5 Å². The topological polar surface area (TPSA) is 78.5 Å². The van der Waals surface area contributed by atoms with Crippen molar-refractivity contribution in [2.24, 2.45) is 5.92 Å². The van der Waals surface area contributed by atoms with Crippen molar-refractivity contribution in [2.75, 3.05) is 23.8 Å². The number of hydrogen-bond acceptors (Lipinski definition) is 3. The summed E-state index contributed by atoms with van der Waals surface area (Å²) in [6.07, 6.45) is 0.431. The van der Waals surface area contributed by atoms with E-state index in [0.29, 0.717) is 22.9 Å². The second-order valence-electron chi connectivity index (χ2n) is 6.39. The number of amides is 3. The molecule has 1 fully saturated rings. The van der Waals surface area contributed by atoms with Crippen LogP contribution in [0.4, 0.5) is 11.4 Å². The van der Waals surface area contributed by atoms with Crippen LogP contribution < -0.4 is 15.5 Å². The van der Waals surface area contributed by atoms with Crippen molar-refractivity contribution in [2.45, 2.75) is 12.8 Å². The molecule has 1 aliphatic rings. The molecule has 27 heavy (non-hydrogen) atoms. The van der Waals surface area contributed by atoms with Gasteiger partial charge in [-0.3, -0.25) is 14.4 Å². The average Bonchev–Trinajstić information content (AvgIpc) is 3.05. The highest BCUT2D eigenvalue weighted by Gasteiger charge is 2.35. The van der Waals surface area contributed by atoms with Crippen molar-refractivity contribution in [3.05, 3.63) is 59.1 Å². The van der Waals surface area contributed by atoms with Gasteiger partial charge in [-0.05, 0) is 29.8 Å². The van der Waals surface area contributed by atoms with Crippen molar-refractivity contribution < 1.29 is 14.4 Å². The summed E-state index contributed by atoms with van der Waals surface area (Å²) < 4.78 is 0. The fourth-order valence-electron chi connectivity index (χ4n) is 3.01. The fraction of sp³-hybridized carbons (Fsp3) is 0.250. The zero-order valence-corrected chi connectivity index (χ0v) is 15.6. The van der Waals surface area contributed by atoms with Crippen molar-refractivity contribution in [3.8, 4) is 0 Å². The lowest BCUT2D eigenvalue weighted by Crippen LogP contribution is -2.28. The summed E-state index contributed by atoms with van der Waals surface area (Å²) in [7, 11) is 1.59. The molecule has 1 atom stereocenters.